The van der Waals surface area contributed by atoms with Crippen LogP contribution in [0.15, 0.2) is 23.1 Å². The average Bonchev–Trinajstić information content (AvgIpc) is 2.67. The van der Waals surface area contributed by atoms with Gasteiger partial charge >= 0.3 is 0 Å². The second kappa shape index (κ2) is 8.27. The quantitative estimate of drug-likeness (QED) is 0.784. The van der Waals surface area contributed by atoms with Crippen molar-refractivity contribution in [3.05, 3.63) is 29.6 Å². The predicted molar refractivity (Wildman–Crippen MR) is 102 cm³/mol. The second-order valence-electron chi connectivity index (χ2n) is 7.68. The molecule has 1 aromatic rings. The van der Waals surface area contributed by atoms with Gasteiger partial charge in [-0.2, -0.15) is 4.31 Å². The maximum atomic E-state index is 13.3. The van der Waals surface area contributed by atoms with Crippen LogP contribution in [0.2, 0.25) is 0 Å². The summed E-state index contributed by atoms with van der Waals surface area (Å²) in [4.78, 5) is 15.1. The number of benzene rings is 1. The number of amides is 1. The first kappa shape index (κ1) is 20.3. The molecule has 2 aliphatic heterocycles. The molecule has 3 rings (SSSR count). The van der Waals surface area contributed by atoms with Crippen LogP contribution >= 0.6 is 0 Å². The highest BCUT2D eigenvalue weighted by Crippen LogP contribution is 2.29. The summed E-state index contributed by atoms with van der Waals surface area (Å²) in [5, 5.41) is 0. The van der Waals surface area contributed by atoms with Crippen molar-refractivity contribution in [1.82, 2.24) is 9.21 Å². The van der Waals surface area contributed by atoms with E-state index in [4.69, 9.17) is 0 Å². The zero-order valence-corrected chi connectivity index (χ0v) is 17.0. The monoisotopic (exact) mass is 396 g/mol. The lowest BCUT2D eigenvalue weighted by Crippen LogP contribution is -2.49. The zero-order chi connectivity index (χ0) is 19.6. The summed E-state index contributed by atoms with van der Waals surface area (Å²) in [7, 11) is -3.66. The van der Waals surface area contributed by atoms with Crippen molar-refractivity contribution in [2.45, 2.75) is 63.3 Å². The Morgan fingerprint density at radius 2 is 1.85 bits per heavy atom. The van der Waals surface area contributed by atoms with Gasteiger partial charge in [0.15, 0.2) is 0 Å². The van der Waals surface area contributed by atoms with Crippen LogP contribution in [0.3, 0.4) is 0 Å². The van der Waals surface area contributed by atoms with Crippen LogP contribution in [-0.4, -0.2) is 49.2 Å². The van der Waals surface area contributed by atoms with E-state index in [-0.39, 0.29) is 16.7 Å². The van der Waals surface area contributed by atoms with Crippen molar-refractivity contribution in [3.63, 3.8) is 0 Å². The molecular weight excluding hydrogens is 367 g/mol. The van der Waals surface area contributed by atoms with E-state index >= 15 is 0 Å². The summed E-state index contributed by atoms with van der Waals surface area (Å²) in [6, 6.07) is 4.08. The molecule has 1 unspecified atom stereocenters. The summed E-state index contributed by atoms with van der Waals surface area (Å²) >= 11 is 0. The van der Waals surface area contributed by atoms with Crippen LogP contribution in [0.5, 0.6) is 0 Å². The van der Waals surface area contributed by atoms with Gasteiger partial charge in [-0.05, 0) is 69.2 Å². The summed E-state index contributed by atoms with van der Waals surface area (Å²) in [5.74, 6) is -0.350. The molecule has 0 aliphatic carbocycles. The molecular formula is C20H29FN2O3S. The van der Waals surface area contributed by atoms with Gasteiger partial charge in [0.1, 0.15) is 5.82 Å². The molecule has 1 aromatic carbocycles. The third kappa shape index (κ3) is 4.19. The largest absolute Gasteiger partial charge is 0.339 e. The van der Waals surface area contributed by atoms with Gasteiger partial charge in [0, 0.05) is 31.6 Å². The molecule has 0 spiro atoms. The number of carbonyl (C=O) groups excluding carboxylic acids is 1. The fraction of sp³-hybridized carbons (Fsp3) is 0.650. The minimum atomic E-state index is -3.66. The summed E-state index contributed by atoms with van der Waals surface area (Å²) in [6.07, 6.45) is 5.37. The van der Waals surface area contributed by atoms with Gasteiger partial charge in [-0.1, -0.05) is 6.92 Å². The van der Waals surface area contributed by atoms with Crippen molar-refractivity contribution in [2.75, 3.05) is 19.6 Å². The Balaban J connectivity index is 1.66. The van der Waals surface area contributed by atoms with Gasteiger partial charge in [0.2, 0.25) is 15.9 Å². The lowest BCUT2D eigenvalue weighted by molar-refractivity contribution is -0.140. The van der Waals surface area contributed by atoms with Gasteiger partial charge in [0.25, 0.3) is 0 Å². The number of piperidine rings is 2. The van der Waals surface area contributed by atoms with Crippen LogP contribution in [0, 0.1) is 18.7 Å². The Morgan fingerprint density at radius 3 is 2.48 bits per heavy atom. The number of carbonyl (C=O) groups is 1. The van der Waals surface area contributed by atoms with Crippen LogP contribution in [-0.2, 0) is 14.8 Å². The van der Waals surface area contributed by atoms with Crippen LogP contribution < -0.4 is 0 Å². The van der Waals surface area contributed by atoms with E-state index in [9.17, 15) is 17.6 Å². The number of sulfonamides is 1. The molecule has 7 heteroatoms. The van der Waals surface area contributed by atoms with Crippen LogP contribution in [0.25, 0.3) is 0 Å². The average molecular weight is 397 g/mol. The number of hydrogen-bond acceptors (Lipinski definition) is 3. The molecule has 2 heterocycles. The molecule has 0 bridgehead atoms. The topological polar surface area (TPSA) is 57.7 Å². The Hall–Kier alpha value is -1.47. The Bertz CT molecular complexity index is 788. The molecule has 150 valence electrons. The Morgan fingerprint density at radius 1 is 1.15 bits per heavy atom. The van der Waals surface area contributed by atoms with E-state index in [0.717, 1.165) is 25.8 Å². The molecule has 0 N–H and O–H groups in total. The van der Waals surface area contributed by atoms with Gasteiger partial charge in [-0.15, -0.1) is 0 Å². The first-order chi connectivity index (χ1) is 12.8. The number of hydrogen-bond donors (Lipinski definition) is 0. The van der Waals surface area contributed by atoms with Crippen molar-refractivity contribution in [3.8, 4) is 0 Å². The highest BCUT2D eigenvalue weighted by Gasteiger charge is 2.36. The third-order valence-corrected chi connectivity index (χ3v) is 8.00. The third-order valence-electron chi connectivity index (χ3n) is 5.94. The van der Waals surface area contributed by atoms with Crippen molar-refractivity contribution in [2.24, 2.45) is 5.92 Å². The lowest BCUT2D eigenvalue weighted by Gasteiger charge is -2.39. The molecule has 1 amide bonds. The van der Waals surface area contributed by atoms with Crippen molar-refractivity contribution in [1.29, 1.82) is 0 Å². The fourth-order valence-corrected chi connectivity index (χ4v) is 6.01. The molecule has 2 saturated heterocycles. The lowest BCUT2D eigenvalue weighted by atomic mass is 9.92. The van der Waals surface area contributed by atoms with E-state index in [2.05, 4.69) is 6.92 Å². The fourth-order valence-electron chi connectivity index (χ4n) is 4.33. The first-order valence-electron chi connectivity index (χ1n) is 9.91. The van der Waals surface area contributed by atoms with Gasteiger partial charge < -0.3 is 4.90 Å². The van der Waals surface area contributed by atoms with E-state index in [1.807, 2.05) is 4.90 Å². The highest BCUT2D eigenvalue weighted by atomic mass is 32.2. The zero-order valence-electron chi connectivity index (χ0n) is 16.2. The van der Waals surface area contributed by atoms with Crippen LogP contribution in [0.4, 0.5) is 4.39 Å². The second-order valence-corrected chi connectivity index (χ2v) is 9.58. The van der Waals surface area contributed by atoms with Gasteiger partial charge in [-0.25, -0.2) is 12.8 Å². The SMILES string of the molecule is CCC1CCCCN1C(=O)C1CCN(S(=O)(=O)c2ccc(F)cc2C)CC1. The molecule has 0 radical (unpaired) electrons. The smallest absolute Gasteiger partial charge is 0.243 e. The van der Waals surface area contributed by atoms with Crippen molar-refractivity contribution < 1.29 is 17.6 Å². The highest BCUT2D eigenvalue weighted by molar-refractivity contribution is 7.89. The predicted octanol–water partition coefficient (Wildman–Crippen LogP) is 3.33. The first-order valence-corrected chi connectivity index (χ1v) is 11.4. The molecule has 0 saturated carbocycles. The molecule has 1 atom stereocenters. The maximum absolute atomic E-state index is 13.3. The number of halogens is 1. The van der Waals surface area contributed by atoms with E-state index in [0.29, 0.717) is 37.5 Å². The Kier molecular flexibility index (Phi) is 6.21. The number of likely N-dealkylation sites (tertiary alicyclic amines) is 1. The minimum absolute atomic E-state index is 0.0992. The molecule has 2 aliphatic rings. The van der Waals surface area contributed by atoms with Crippen molar-refractivity contribution >= 4 is 15.9 Å². The van der Waals surface area contributed by atoms with Gasteiger partial charge in [-0.3, -0.25) is 4.79 Å². The number of aryl methyl sites for hydroxylation is 1. The molecule has 27 heavy (non-hydrogen) atoms. The summed E-state index contributed by atoms with van der Waals surface area (Å²) < 4.78 is 40.5. The molecule has 2 fully saturated rings. The maximum Gasteiger partial charge on any atom is 0.243 e. The number of rotatable bonds is 4. The van der Waals surface area contributed by atoms with Crippen LogP contribution in [0.1, 0.15) is 51.0 Å². The molecule has 0 aromatic heterocycles. The van der Waals surface area contributed by atoms with E-state index in [1.165, 1.54) is 28.9 Å². The summed E-state index contributed by atoms with van der Waals surface area (Å²) in [6.45, 7) is 5.22. The minimum Gasteiger partial charge on any atom is -0.339 e. The standard InChI is InChI=1S/C20H29FN2O3S/c1-3-18-6-4-5-11-23(18)20(24)16-9-12-22(13-10-16)27(25,26)19-8-7-17(21)14-15(19)2/h7-8,14,16,18H,3-6,9-13H2,1-2H3. The van der Waals surface area contributed by atoms with E-state index < -0.39 is 15.8 Å². The van der Waals surface area contributed by atoms with Gasteiger partial charge in [0.05, 0.1) is 4.90 Å². The molecule has 5 nitrogen and oxygen atoms in total. The van der Waals surface area contributed by atoms with E-state index in [1.54, 1.807) is 6.92 Å². The normalized spacial score (nSPS) is 22.8. The number of nitrogens with zero attached hydrogens (tertiary/aromatic N) is 2. The Labute approximate surface area is 161 Å². The summed E-state index contributed by atoms with van der Waals surface area (Å²) in [5.41, 5.74) is 0.410.